The van der Waals surface area contributed by atoms with Crippen LogP contribution >= 0.6 is 0 Å². The lowest BCUT2D eigenvalue weighted by molar-refractivity contribution is -0.121. The summed E-state index contributed by atoms with van der Waals surface area (Å²) < 4.78 is 0. The van der Waals surface area contributed by atoms with Gasteiger partial charge in [0, 0.05) is 12.3 Å². The molecule has 0 spiro atoms. The number of rotatable bonds is 1. The molecule has 2 aliphatic rings. The summed E-state index contributed by atoms with van der Waals surface area (Å²) in [5, 5.41) is 0.424. The van der Waals surface area contributed by atoms with E-state index in [0.717, 1.165) is 5.92 Å². The Hall–Kier alpha value is 0.0200. The molecular weight excluding hydrogens is 180 g/mol. The van der Waals surface area contributed by atoms with Crippen LogP contribution in [-0.2, 0) is 15.7 Å². The largest absolute Gasteiger partial charge is 0.294 e. The van der Waals surface area contributed by atoms with E-state index in [1.807, 2.05) is 0 Å². The van der Waals surface area contributed by atoms with Crippen molar-refractivity contribution in [1.82, 2.24) is 0 Å². The Morgan fingerprint density at radius 3 is 2.54 bits per heavy atom. The van der Waals surface area contributed by atoms with Gasteiger partial charge in [0.25, 0.3) is 0 Å². The van der Waals surface area contributed by atoms with Crippen LogP contribution in [0.1, 0.15) is 32.1 Å². The zero-order chi connectivity index (χ0) is 9.42. The summed E-state index contributed by atoms with van der Waals surface area (Å²) in [7, 11) is 0.313. The number of ketones is 1. The summed E-state index contributed by atoms with van der Waals surface area (Å²) in [6.45, 7) is 0. The van der Waals surface area contributed by atoms with Gasteiger partial charge < -0.3 is 0 Å². The number of fused-ring (bicyclic) bond motifs is 1. The van der Waals surface area contributed by atoms with Crippen LogP contribution in [0, 0.1) is 11.8 Å². The molecule has 74 valence electrons. The van der Waals surface area contributed by atoms with E-state index in [0.29, 0.717) is 27.8 Å². The number of Topliss-reactive ketones (excluding diaryl/α,β-unsaturated/α-hetero) is 1. The molecule has 1 nitrogen and oxygen atoms in total. The van der Waals surface area contributed by atoms with Gasteiger partial charge in [0.2, 0.25) is 0 Å². The lowest BCUT2D eigenvalue weighted by Gasteiger charge is -2.22. The molecule has 2 fully saturated rings. The summed E-state index contributed by atoms with van der Waals surface area (Å²) >= 11 is 0. The maximum absolute atomic E-state index is 12.0. The third-order valence-electron chi connectivity index (χ3n) is 3.68. The van der Waals surface area contributed by atoms with Crippen LogP contribution in [0.15, 0.2) is 0 Å². The second kappa shape index (κ2) is 3.64. The zero-order valence-electron chi connectivity index (χ0n) is 8.58. The monoisotopic (exact) mass is 199 g/mol. The van der Waals surface area contributed by atoms with Crippen LogP contribution in [-0.4, -0.2) is 23.5 Å². The number of carbonyl (C=O) groups excluding carboxylic acids is 1. The minimum Gasteiger partial charge on any atom is -0.294 e. The molecule has 13 heavy (non-hydrogen) atoms. The van der Waals surface area contributed by atoms with Crippen molar-refractivity contribution < 1.29 is 4.79 Å². The topological polar surface area (TPSA) is 17.1 Å². The fourth-order valence-electron chi connectivity index (χ4n) is 2.92. The minimum atomic E-state index is 0.313. The Morgan fingerprint density at radius 1 is 1.23 bits per heavy atom. The van der Waals surface area contributed by atoms with Crippen molar-refractivity contribution in [3.8, 4) is 0 Å². The summed E-state index contributed by atoms with van der Waals surface area (Å²) in [6.07, 6.45) is 10.8. The van der Waals surface area contributed by atoms with E-state index >= 15 is 0 Å². The van der Waals surface area contributed by atoms with Gasteiger partial charge in [-0.1, -0.05) is 12.8 Å². The van der Waals surface area contributed by atoms with Crippen LogP contribution < -0.4 is 0 Å². The van der Waals surface area contributed by atoms with E-state index in [-0.39, 0.29) is 0 Å². The molecule has 0 aliphatic heterocycles. The first-order valence-electron chi connectivity index (χ1n) is 5.30. The van der Waals surface area contributed by atoms with Crippen molar-refractivity contribution in [3.63, 3.8) is 0 Å². The van der Waals surface area contributed by atoms with Crippen molar-refractivity contribution in [2.75, 3.05) is 12.5 Å². The highest BCUT2D eigenvalue weighted by molar-refractivity contribution is 7.96. The zero-order valence-corrected chi connectivity index (χ0v) is 9.40. The van der Waals surface area contributed by atoms with E-state index in [1.54, 1.807) is 0 Å². The van der Waals surface area contributed by atoms with Crippen LogP contribution in [0.2, 0.25) is 0 Å². The molecule has 0 aromatic carbocycles. The van der Waals surface area contributed by atoms with E-state index < -0.39 is 0 Å². The Kier molecular flexibility index (Phi) is 2.68. The second-order valence-electron chi connectivity index (χ2n) is 4.66. The standard InChI is InChI=1S/C11H19OS/c1-13(2)10-7-8-5-3-4-6-9(8)11(10)12/h8-10H,3-7H2,1-2H3/q+1. The number of hydrogen-bond acceptors (Lipinski definition) is 1. The highest BCUT2D eigenvalue weighted by Gasteiger charge is 2.48. The molecule has 0 saturated heterocycles. The van der Waals surface area contributed by atoms with E-state index in [2.05, 4.69) is 12.5 Å². The normalized spacial score (nSPS) is 39.6. The first-order chi connectivity index (χ1) is 6.20. The van der Waals surface area contributed by atoms with Gasteiger partial charge in [-0.05, 0) is 29.7 Å². The Balaban J connectivity index is 2.09. The number of carbonyl (C=O) groups is 1. The third kappa shape index (κ3) is 1.65. The fraction of sp³-hybridized carbons (Fsp3) is 0.909. The second-order valence-corrected chi connectivity index (χ2v) is 6.99. The average Bonchev–Trinajstić information content (AvgIpc) is 2.45. The molecule has 2 aliphatic carbocycles. The highest BCUT2D eigenvalue weighted by atomic mass is 32.2. The lowest BCUT2D eigenvalue weighted by atomic mass is 9.81. The SMILES string of the molecule is C[S+](C)C1CC2CCCCC2C1=O. The van der Waals surface area contributed by atoms with Crippen LogP contribution in [0.25, 0.3) is 0 Å². The molecule has 3 atom stereocenters. The third-order valence-corrected chi connectivity index (χ3v) is 5.24. The molecule has 2 saturated carbocycles. The Labute approximate surface area is 83.6 Å². The molecule has 0 radical (unpaired) electrons. The van der Waals surface area contributed by atoms with Gasteiger partial charge in [0.15, 0.2) is 11.0 Å². The maximum Gasteiger partial charge on any atom is 0.188 e. The van der Waals surface area contributed by atoms with E-state index in [1.165, 1.54) is 32.1 Å². The van der Waals surface area contributed by atoms with Crippen molar-refractivity contribution in [2.24, 2.45) is 11.8 Å². The minimum absolute atomic E-state index is 0.313. The predicted octanol–water partition coefficient (Wildman–Crippen LogP) is 2.01. The summed E-state index contributed by atoms with van der Waals surface area (Å²) in [5.41, 5.74) is 0. The lowest BCUT2D eigenvalue weighted by Crippen LogP contribution is -2.27. The molecule has 0 N–H and O–H groups in total. The first-order valence-corrected chi connectivity index (χ1v) is 7.40. The van der Waals surface area contributed by atoms with Gasteiger partial charge in [-0.3, -0.25) is 4.79 Å². The molecule has 0 amide bonds. The smallest absolute Gasteiger partial charge is 0.188 e. The predicted molar refractivity (Wildman–Crippen MR) is 58.1 cm³/mol. The molecule has 0 heterocycles. The summed E-state index contributed by atoms with van der Waals surface area (Å²) in [6, 6.07) is 0. The van der Waals surface area contributed by atoms with Crippen molar-refractivity contribution >= 4 is 16.7 Å². The van der Waals surface area contributed by atoms with Gasteiger partial charge in [0.1, 0.15) is 0 Å². The van der Waals surface area contributed by atoms with Crippen LogP contribution in [0.5, 0.6) is 0 Å². The fourth-order valence-corrected chi connectivity index (χ4v) is 4.19. The molecule has 0 aromatic rings. The molecule has 3 unspecified atom stereocenters. The van der Waals surface area contributed by atoms with Crippen molar-refractivity contribution in [2.45, 2.75) is 37.4 Å². The van der Waals surface area contributed by atoms with Crippen LogP contribution in [0.4, 0.5) is 0 Å². The molecule has 2 rings (SSSR count). The van der Waals surface area contributed by atoms with Crippen molar-refractivity contribution in [3.05, 3.63) is 0 Å². The first kappa shape index (κ1) is 9.57. The summed E-state index contributed by atoms with van der Waals surface area (Å²) in [5.74, 6) is 1.84. The summed E-state index contributed by atoms with van der Waals surface area (Å²) in [4.78, 5) is 12.0. The molecule has 2 heteroatoms. The van der Waals surface area contributed by atoms with Gasteiger partial charge in [-0.15, -0.1) is 0 Å². The number of hydrogen-bond donors (Lipinski definition) is 0. The Bertz CT molecular complexity index is 208. The van der Waals surface area contributed by atoms with Crippen molar-refractivity contribution in [1.29, 1.82) is 0 Å². The van der Waals surface area contributed by atoms with Gasteiger partial charge in [-0.25, -0.2) is 0 Å². The molecular formula is C11H19OS+. The molecule has 0 bridgehead atoms. The van der Waals surface area contributed by atoms with Gasteiger partial charge >= 0.3 is 0 Å². The van der Waals surface area contributed by atoms with E-state index in [9.17, 15) is 4.79 Å². The van der Waals surface area contributed by atoms with Gasteiger partial charge in [0.05, 0.1) is 12.5 Å². The van der Waals surface area contributed by atoms with Gasteiger partial charge in [-0.2, -0.15) is 0 Å². The molecule has 0 aromatic heterocycles. The van der Waals surface area contributed by atoms with E-state index in [4.69, 9.17) is 0 Å². The highest BCUT2D eigenvalue weighted by Crippen LogP contribution is 2.41. The maximum atomic E-state index is 12.0. The quantitative estimate of drug-likeness (QED) is 0.590. The van der Waals surface area contributed by atoms with Crippen LogP contribution in [0.3, 0.4) is 0 Å². The average molecular weight is 199 g/mol. The Morgan fingerprint density at radius 2 is 1.92 bits per heavy atom.